The Hall–Kier alpha value is -1.88. The molecule has 1 saturated carbocycles. The van der Waals surface area contributed by atoms with Gasteiger partial charge < -0.3 is 41.8 Å². The van der Waals surface area contributed by atoms with Crippen LogP contribution in [-0.2, 0) is 24.7 Å². The number of allylic oxidation sites excluding steroid dienone is 3. The number of methoxy groups -OCH3 is 1. The zero-order chi connectivity index (χ0) is 19.6. The third kappa shape index (κ3) is 4.73. The fourth-order valence-corrected chi connectivity index (χ4v) is 5.83. The van der Waals surface area contributed by atoms with Crippen molar-refractivity contribution in [1.29, 1.82) is 0 Å². The number of ether oxygens (including phenoxy) is 2. The minimum atomic E-state index is -4.67. The number of rotatable bonds is 1. The van der Waals surface area contributed by atoms with E-state index in [1.807, 2.05) is 6.08 Å². The first kappa shape index (κ1) is 32.3. The van der Waals surface area contributed by atoms with E-state index in [-0.39, 0.29) is 44.7 Å². The van der Waals surface area contributed by atoms with Crippen LogP contribution in [0.4, 0.5) is 0 Å². The predicted molar refractivity (Wildman–Crippen MR) is 113 cm³/mol. The lowest BCUT2D eigenvalue weighted by Gasteiger charge is -2.59. The van der Waals surface area contributed by atoms with Crippen molar-refractivity contribution in [3.63, 3.8) is 0 Å². The fraction of sp³-hybridized carbons (Fsp3) is 0.611. The Bertz CT molecular complexity index is 861. The van der Waals surface area contributed by atoms with Gasteiger partial charge in [-0.1, -0.05) is 12.2 Å². The van der Waals surface area contributed by atoms with E-state index in [2.05, 4.69) is 24.1 Å². The van der Waals surface area contributed by atoms with Crippen LogP contribution in [0, 0.1) is 23.2 Å². The monoisotopic (exact) mass is 487 g/mol. The van der Waals surface area contributed by atoms with Crippen molar-refractivity contribution in [2.45, 2.75) is 25.0 Å². The third-order valence-electron chi connectivity index (χ3n) is 6.72. The molecule has 5 aliphatic rings. The van der Waals surface area contributed by atoms with E-state index in [0.29, 0.717) is 23.8 Å². The molecule has 0 aromatic carbocycles. The second-order valence-electron chi connectivity index (χ2n) is 7.81. The number of carbonyl (C=O) groups excluding carboxylic acids is 1. The average molecular weight is 488 g/mol. The molecule has 2 unspecified atom stereocenters. The molecule has 3 fully saturated rings. The van der Waals surface area contributed by atoms with Gasteiger partial charge in [-0.25, -0.2) is 0 Å². The lowest BCUT2D eigenvalue weighted by molar-refractivity contribution is -0.140. The first-order valence-corrected chi connectivity index (χ1v) is 10.3. The summed E-state index contributed by atoms with van der Waals surface area (Å²) in [5.41, 5.74) is -0.0597. The van der Waals surface area contributed by atoms with Crippen molar-refractivity contribution in [1.82, 2.24) is 4.90 Å². The third-order valence-corrected chi connectivity index (χ3v) is 6.72. The first-order valence-electron chi connectivity index (χ1n) is 8.92. The fourth-order valence-electron chi connectivity index (χ4n) is 5.83. The van der Waals surface area contributed by atoms with Gasteiger partial charge in [0.15, 0.2) is 17.6 Å². The standard InChI is InChI=1S/C18H21NO3.H2O4S.5H2O/c1-19-8-7-18-11-4-5-13(20)17(18)22-16-14(21-2)6-3-10(15(16)18)9-12(11)19;1-5(2,3)4;;;;;/h3-6,10-12,15,17H,7-9H2,1-2H3;(H2,1,2,3,4);5*1H2/t10?,11-,12+,15?,17-,18-;;;;;;/m0....../s1. The van der Waals surface area contributed by atoms with Gasteiger partial charge in [0.1, 0.15) is 5.76 Å². The minimum Gasteiger partial charge on any atom is -0.493 e. The smallest absolute Gasteiger partial charge is 0.394 e. The Morgan fingerprint density at radius 3 is 2.28 bits per heavy atom. The summed E-state index contributed by atoms with van der Waals surface area (Å²) >= 11 is 0. The molecule has 14 heteroatoms. The molecule has 188 valence electrons. The Morgan fingerprint density at radius 1 is 1.12 bits per heavy atom. The Morgan fingerprint density at radius 2 is 1.72 bits per heavy atom. The molecule has 0 amide bonds. The van der Waals surface area contributed by atoms with Crippen molar-refractivity contribution >= 4 is 16.2 Å². The van der Waals surface area contributed by atoms with Crippen LogP contribution in [-0.4, -0.2) is 88.4 Å². The van der Waals surface area contributed by atoms with Crippen molar-refractivity contribution in [3.8, 4) is 0 Å². The number of hydrogen-bond donors (Lipinski definition) is 2. The van der Waals surface area contributed by atoms with Crippen LogP contribution >= 0.6 is 0 Å². The van der Waals surface area contributed by atoms with Crippen molar-refractivity contribution in [2.75, 3.05) is 20.7 Å². The van der Waals surface area contributed by atoms with E-state index < -0.39 is 10.4 Å². The summed E-state index contributed by atoms with van der Waals surface area (Å²) in [6.07, 6.45) is 10.1. The van der Waals surface area contributed by atoms with Gasteiger partial charge in [0.2, 0.25) is 0 Å². The largest absolute Gasteiger partial charge is 0.493 e. The summed E-state index contributed by atoms with van der Waals surface area (Å²) in [4.78, 5) is 15.0. The number of carbonyl (C=O) groups is 1. The molecule has 13 nitrogen and oxygen atoms in total. The topological polar surface area (TPSA) is 271 Å². The van der Waals surface area contributed by atoms with E-state index >= 15 is 0 Å². The molecule has 5 rings (SSSR count). The van der Waals surface area contributed by atoms with E-state index in [9.17, 15) is 4.79 Å². The van der Waals surface area contributed by atoms with Gasteiger partial charge in [0.25, 0.3) is 0 Å². The summed E-state index contributed by atoms with van der Waals surface area (Å²) in [7, 11) is -0.759. The van der Waals surface area contributed by atoms with Crippen molar-refractivity contribution < 1.29 is 59.2 Å². The molecule has 3 aliphatic carbocycles. The zero-order valence-electron chi connectivity index (χ0n) is 17.6. The number of nitrogens with zero attached hydrogens (tertiary/aromatic N) is 1. The lowest BCUT2D eigenvalue weighted by Crippen LogP contribution is -2.64. The normalized spacial score (nSPS) is 35.0. The molecule has 6 atom stereocenters. The number of ketones is 1. The lowest BCUT2D eigenvalue weighted by atomic mass is 9.48. The van der Waals surface area contributed by atoms with E-state index in [0.717, 1.165) is 30.9 Å². The molecule has 2 aliphatic heterocycles. The van der Waals surface area contributed by atoms with E-state index in [1.165, 1.54) is 0 Å². The summed E-state index contributed by atoms with van der Waals surface area (Å²) in [5.74, 6) is 3.07. The van der Waals surface area contributed by atoms with Crippen LogP contribution in [0.2, 0.25) is 0 Å². The molecule has 2 heterocycles. The quantitative estimate of drug-likeness (QED) is 0.361. The highest BCUT2D eigenvalue weighted by molar-refractivity contribution is 7.79. The number of hydrogen-bond acceptors (Lipinski definition) is 6. The summed E-state index contributed by atoms with van der Waals surface area (Å²) in [6, 6.07) is 0.513. The van der Waals surface area contributed by atoms with Crippen LogP contribution in [0.25, 0.3) is 0 Å². The van der Waals surface area contributed by atoms with Gasteiger partial charge in [0, 0.05) is 23.3 Å². The number of piperidine rings is 1. The van der Waals surface area contributed by atoms with E-state index in [1.54, 1.807) is 13.2 Å². The molecule has 2 saturated heterocycles. The van der Waals surface area contributed by atoms with Gasteiger partial charge in [-0.2, -0.15) is 8.42 Å². The highest BCUT2D eigenvalue weighted by Gasteiger charge is 2.69. The van der Waals surface area contributed by atoms with Crippen LogP contribution in [0.1, 0.15) is 12.8 Å². The van der Waals surface area contributed by atoms with Crippen LogP contribution in [0.3, 0.4) is 0 Å². The highest BCUT2D eigenvalue weighted by atomic mass is 32.3. The maximum Gasteiger partial charge on any atom is 0.394 e. The maximum atomic E-state index is 12.6. The summed E-state index contributed by atoms with van der Waals surface area (Å²) < 4.78 is 43.4. The van der Waals surface area contributed by atoms with Gasteiger partial charge in [-0.05, 0) is 44.5 Å². The molecule has 0 aromatic heterocycles. The predicted octanol–water partition coefficient (Wildman–Crippen LogP) is -2.88. The molecule has 0 radical (unpaired) electrons. The molecular weight excluding hydrogens is 454 g/mol. The van der Waals surface area contributed by atoms with Crippen LogP contribution < -0.4 is 0 Å². The second kappa shape index (κ2) is 10.8. The van der Waals surface area contributed by atoms with Gasteiger partial charge in [-0.3, -0.25) is 13.9 Å². The van der Waals surface area contributed by atoms with Gasteiger partial charge >= 0.3 is 10.4 Å². The molecule has 32 heavy (non-hydrogen) atoms. The van der Waals surface area contributed by atoms with Crippen molar-refractivity contribution in [3.05, 3.63) is 35.8 Å². The Kier molecular flexibility index (Phi) is 10.9. The van der Waals surface area contributed by atoms with Gasteiger partial charge in [-0.15, -0.1) is 0 Å². The average Bonchev–Trinajstić information content (AvgIpc) is 2.93. The van der Waals surface area contributed by atoms with E-state index in [4.69, 9.17) is 27.0 Å². The van der Waals surface area contributed by atoms with Crippen LogP contribution in [0.15, 0.2) is 35.8 Å². The first-order chi connectivity index (χ1) is 12.7. The summed E-state index contributed by atoms with van der Waals surface area (Å²) in [5, 5.41) is 0. The SMILES string of the molecule is COC1=C2O[C@H]3C(=O)C=C[C@H]4[C@H]5CC(C=C1)C2[C@@]34CCN5C.O.O.O.O.O.O=S(=O)(O)O. The molecule has 2 bridgehead atoms. The molecule has 0 aromatic rings. The number of likely N-dealkylation sites (tertiary alicyclic amines) is 1. The van der Waals surface area contributed by atoms with Crippen LogP contribution in [0.5, 0.6) is 0 Å². The maximum absolute atomic E-state index is 12.6. The summed E-state index contributed by atoms with van der Waals surface area (Å²) in [6.45, 7) is 1.05. The zero-order valence-corrected chi connectivity index (χ0v) is 18.4. The second-order valence-corrected chi connectivity index (χ2v) is 8.71. The Labute approximate surface area is 185 Å². The molecular formula is C18H33NO12S. The molecule has 12 N–H and O–H groups in total. The minimum absolute atomic E-state index is 0. The molecule has 1 spiro atoms. The highest BCUT2D eigenvalue weighted by Crippen LogP contribution is 2.66. The van der Waals surface area contributed by atoms with Gasteiger partial charge in [0.05, 0.1) is 7.11 Å². The van der Waals surface area contributed by atoms with Crippen molar-refractivity contribution in [2.24, 2.45) is 23.2 Å². The Balaban J connectivity index is 0.